The Labute approximate surface area is 115 Å². The number of carbonyl (C=O) groups excluding carboxylic acids is 1. The molecule has 0 aliphatic rings. The van der Waals surface area contributed by atoms with Gasteiger partial charge in [0, 0.05) is 26.7 Å². The normalized spacial score (nSPS) is 13.2. The van der Waals surface area contributed by atoms with Gasteiger partial charge in [-0.15, -0.1) is 0 Å². The molecule has 0 heterocycles. The van der Waals surface area contributed by atoms with Crippen molar-refractivity contribution in [2.45, 2.75) is 20.8 Å². The standard InChI is InChI=1S/C13H27N3O3/c1-10(11(17)18)7-16(6)12(19)14-8-13(2,3)9-15(4)5/h10H,7-9H2,1-6H3,(H,14,19)(H,17,18). The van der Waals surface area contributed by atoms with Gasteiger partial charge in [-0.25, -0.2) is 4.79 Å². The van der Waals surface area contributed by atoms with E-state index in [2.05, 4.69) is 24.1 Å². The maximum Gasteiger partial charge on any atom is 0.317 e. The summed E-state index contributed by atoms with van der Waals surface area (Å²) >= 11 is 0. The third-order valence-corrected chi connectivity index (χ3v) is 2.78. The minimum Gasteiger partial charge on any atom is -0.481 e. The van der Waals surface area contributed by atoms with Crippen LogP contribution >= 0.6 is 0 Å². The van der Waals surface area contributed by atoms with Crippen LogP contribution in [0.2, 0.25) is 0 Å². The highest BCUT2D eigenvalue weighted by molar-refractivity contribution is 5.75. The smallest absolute Gasteiger partial charge is 0.317 e. The van der Waals surface area contributed by atoms with Gasteiger partial charge in [-0.05, 0) is 19.5 Å². The Morgan fingerprint density at radius 1 is 1.26 bits per heavy atom. The first kappa shape index (κ1) is 17.7. The van der Waals surface area contributed by atoms with Crippen molar-refractivity contribution in [2.24, 2.45) is 11.3 Å². The summed E-state index contributed by atoms with van der Waals surface area (Å²) in [7, 11) is 5.59. The lowest BCUT2D eigenvalue weighted by molar-refractivity contribution is -0.141. The van der Waals surface area contributed by atoms with Gasteiger partial charge >= 0.3 is 12.0 Å². The van der Waals surface area contributed by atoms with Gasteiger partial charge in [-0.2, -0.15) is 0 Å². The predicted octanol–water partition coefficient (Wildman–Crippen LogP) is 0.936. The fourth-order valence-corrected chi connectivity index (χ4v) is 1.93. The van der Waals surface area contributed by atoms with Gasteiger partial charge in [0.2, 0.25) is 0 Å². The molecule has 19 heavy (non-hydrogen) atoms. The monoisotopic (exact) mass is 273 g/mol. The zero-order chi connectivity index (χ0) is 15.2. The average molecular weight is 273 g/mol. The number of hydrogen-bond acceptors (Lipinski definition) is 3. The molecule has 2 N–H and O–H groups in total. The molecule has 0 radical (unpaired) electrons. The quantitative estimate of drug-likeness (QED) is 0.724. The van der Waals surface area contributed by atoms with Crippen molar-refractivity contribution in [3.05, 3.63) is 0 Å². The average Bonchev–Trinajstić information content (AvgIpc) is 2.23. The molecule has 6 nitrogen and oxygen atoms in total. The van der Waals surface area contributed by atoms with Gasteiger partial charge in [0.25, 0.3) is 0 Å². The summed E-state index contributed by atoms with van der Waals surface area (Å²) in [5.74, 6) is -1.46. The molecule has 0 rings (SSSR count). The van der Waals surface area contributed by atoms with E-state index in [1.54, 1.807) is 14.0 Å². The summed E-state index contributed by atoms with van der Waals surface area (Å²) in [5.41, 5.74) is -0.0294. The van der Waals surface area contributed by atoms with Crippen molar-refractivity contribution in [2.75, 3.05) is 40.8 Å². The van der Waals surface area contributed by atoms with E-state index >= 15 is 0 Å². The van der Waals surface area contributed by atoms with Crippen molar-refractivity contribution in [3.8, 4) is 0 Å². The SMILES string of the molecule is CC(CN(C)C(=O)NCC(C)(C)CN(C)C)C(=O)O. The van der Waals surface area contributed by atoms with Crippen LogP contribution in [0.3, 0.4) is 0 Å². The van der Waals surface area contributed by atoms with Crippen LogP contribution in [0.15, 0.2) is 0 Å². The molecule has 0 aliphatic heterocycles. The maximum atomic E-state index is 11.8. The summed E-state index contributed by atoms with van der Waals surface area (Å²) in [6.45, 7) is 7.36. The first-order valence-corrected chi connectivity index (χ1v) is 6.41. The van der Waals surface area contributed by atoms with Crippen molar-refractivity contribution in [3.63, 3.8) is 0 Å². The number of rotatable bonds is 7. The number of carboxylic acids is 1. The van der Waals surface area contributed by atoms with E-state index in [0.717, 1.165) is 6.54 Å². The van der Waals surface area contributed by atoms with Crippen molar-refractivity contribution < 1.29 is 14.7 Å². The third-order valence-electron chi connectivity index (χ3n) is 2.78. The first-order chi connectivity index (χ1) is 8.55. The number of carbonyl (C=O) groups is 2. The fourth-order valence-electron chi connectivity index (χ4n) is 1.93. The lowest BCUT2D eigenvalue weighted by Crippen LogP contribution is -2.46. The van der Waals surface area contributed by atoms with E-state index in [1.807, 2.05) is 14.1 Å². The molecule has 0 saturated heterocycles. The molecule has 0 aromatic heterocycles. The van der Waals surface area contributed by atoms with Gasteiger partial charge < -0.3 is 20.2 Å². The van der Waals surface area contributed by atoms with E-state index in [9.17, 15) is 9.59 Å². The Morgan fingerprint density at radius 3 is 2.21 bits per heavy atom. The number of urea groups is 1. The van der Waals surface area contributed by atoms with Crippen LogP contribution in [0.4, 0.5) is 4.79 Å². The zero-order valence-corrected chi connectivity index (χ0v) is 12.9. The number of carboxylic acid groups (broad SMARTS) is 1. The largest absolute Gasteiger partial charge is 0.481 e. The molecule has 1 atom stereocenters. The number of nitrogens with zero attached hydrogens (tertiary/aromatic N) is 2. The highest BCUT2D eigenvalue weighted by Gasteiger charge is 2.22. The molecule has 0 fully saturated rings. The fraction of sp³-hybridized carbons (Fsp3) is 0.846. The third kappa shape index (κ3) is 7.66. The Morgan fingerprint density at radius 2 is 1.79 bits per heavy atom. The number of amides is 2. The Hall–Kier alpha value is -1.30. The molecule has 2 amide bonds. The van der Waals surface area contributed by atoms with Gasteiger partial charge in [-0.3, -0.25) is 4.79 Å². The first-order valence-electron chi connectivity index (χ1n) is 6.41. The number of nitrogens with one attached hydrogen (secondary N) is 1. The molecular weight excluding hydrogens is 246 g/mol. The Balaban J connectivity index is 4.20. The Kier molecular flexibility index (Phi) is 6.83. The van der Waals surface area contributed by atoms with E-state index in [4.69, 9.17) is 5.11 Å². The predicted molar refractivity (Wildman–Crippen MR) is 75.2 cm³/mol. The van der Waals surface area contributed by atoms with Crippen LogP contribution in [0.5, 0.6) is 0 Å². The molecular formula is C13H27N3O3. The van der Waals surface area contributed by atoms with Gasteiger partial charge in [0.05, 0.1) is 5.92 Å². The summed E-state index contributed by atoms with van der Waals surface area (Å²) in [5, 5.41) is 11.6. The minimum atomic E-state index is -0.896. The molecule has 0 spiro atoms. The summed E-state index contributed by atoms with van der Waals surface area (Å²) in [6, 6.07) is -0.236. The van der Waals surface area contributed by atoms with Crippen LogP contribution in [-0.2, 0) is 4.79 Å². The van der Waals surface area contributed by atoms with Crippen LogP contribution in [0, 0.1) is 11.3 Å². The van der Waals surface area contributed by atoms with Gasteiger partial charge in [0.1, 0.15) is 0 Å². The summed E-state index contributed by atoms with van der Waals surface area (Å²) < 4.78 is 0. The highest BCUT2D eigenvalue weighted by Crippen LogP contribution is 2.14. The number of hydrogen-bond donors (Lipinski definition) is 2. The maximum absolute atomic E-state index is 11.8. The lowest BCUT2D eigenvalue weighted by Gasteiger charge is -2.29. The van der Waals surface area contributed by atoms with Crippen LogP contribution in [0.25, 0.3) is 0 Å². The summed E-state index contributed by atoms with van der Waals surface area (Å²) in [6.07, 6.45) is 0. The minimum absolute atomic E-state index is 0.0294. The second kappa shape index (κ2) is 7.33. The lowest BCUT2D eigenvalue weighted by atomic mass is 9.93. The molecule has 0 aromatic rings. The van der Waals surface area contributed by atoms with E-state index < -0.39 is 11.9 Å². The highest BCUT2D eigenvalue weighted by atomic mass is 16.4. The van der Waals surface area contributed by atoms with Crippen LogP contribution < -0.4 is 5.32 Å². The molecule has 0 bridgehead atoms. The second-order valence-electron chi connectivity index (χ2n) is 6.18. The van der Waals surface area contributed by atoms with Crippen LogP contribution in [-0.4, -0.2) is 67.7 Å². The molecule has 0 saturated carbocycles. The molecule has 6 heteroatoms. The van der Waals surface area contributed by atoms with Crippen molar-refractivity contribution >= 4 is 12.0 Å². The zero-order valence-electron chi connectivity index (χ0n) is 12.9. The van der Waals surface area contributed by atoms with E-state index in [0.29, 0.717) is 6.54 Å². The number of aliphatic carboxylic acids is 1. The topological polar surface area (TPSA) is 72.9 Å². The van der Waals surface area contributed by atoms with E-state index in [-0.39, 0.29) is 18.0 Å². The summed E-state index contributed by atoms with van der Waals surface area (Å²) in [4.78, 5) is 26.1. The van der Waals surface area contributed by atoms with Crippen LogP contribution in [0.1, 0.15) is 20.8 Å². The Bertz CT molecular complexity index is 316. The molecule has 112 valence electrons. The van der Waals surface area contributed by atoms with E-state index in [1.165, 1.54) is 4.90 Å². The molecule has 1 unspecified atom stereocenters. The van der Waals surface area contributed by atoms with Gasteiger partial charge in [-0.1, -0.05) is 20.8 Å². The molecule has 0 aromatic carbocycles. The molecule has 0 aliphatic carbocycles. The van der Waals surface area contributed by atoms with Gasteiger partial charge in [0.15, 0.2) is 0 Å². The van der Waals surface area contributed by atoms with Crippen molar-refractivity contribution in [1.82, 2.24) is 15.1 Å². The second-order valence-corrected chi connectivity index (χ2v) is 6.18. The van der Waals surface area contributed by atoms with Crippen molar-refractivity contribution in [1.29, 1.82) is 0 Å².